The minimum atomic E-state index is -2.96. The summed E-state index contributed by atoms with van der Waals surface area (Å²) >= 11 is -2.96. The Bertz CT molecular complexity index is 765. The van der Waals surface area contributed by atoms with Crippen LogP contribution in [0.25, 0.3) is 0 Å². The van der Waals surface area contributed by atoms with Crippen LogP contribution >= 0.6 is 20.6 Å². The predicted octanol–water partition coefficient (Wildman–Crippen LogP) is 5.94. The van der Waals surface area contributed by atoms with Gasteiger partial charge in [0.2, 0.25) is 0 Å². The second kappa shape index (κ2) is 8.32. The molecule has 1 aromatic rings. The molecule has 4 aliphatic carbocycles. The number of carbonyl (C=O) groups is 2. The van der Waals surface area contributed by atoms with Crippen molar-refractivity contribution < 1.29 is 20.5 Å². The van der Waals surface area contributed by atoms with Crippen LogP contribution in [0.15, 0.2) is 24.3 Å². The average Bonchev–Trinajstić information content (AvgIpc) is 2.72. The number of carbonyl (C=O) groups excluding carboxylic acids is 2. The first kappa shape index (κ1) is 21.9. The van der Waals surface area contributed by atoms with Crippen molar-refractivity contribution in [2.75, 3.05) is 7.11 Å². The molecule has 0 N–H and O–H groups in total. The Kier molecular flexibility index (Phi) is 6.08. The quantitative estimate of drug-likeness (QED) is 0.410. The molecule has 4 aliphatic rings. The molecule has 0 unspecified atom stereocenters. The van der Waals surface area contributed by atoms with E-state index in [1.165, 1.54) is 19.3 Å². The molecule has 166 valence electrons. The summed E-state index contributed by atoms with van der Waals surface area (Å²) in [6.45, 7) is 5.71. The van der Waals surface area contributed by atoms with Gasteiger partial charge in [-0.3, -0.25) is 0 Å². The fraction of sp³-hybridized carbons (Fsp3) is 0.667. The van der Waals surface area contributed by atoms with Crippen LogP contribution in [0.5, 0.6) is 5.75 Å². The van der Waals surface area contributed by atoms with E-state index >= 15 is 0 Å². The summed E-state index contributed by atoms with van der Waals surface area (Å²) in [6.07, 6.45) is 7.31. The molecule has 1 aromatic carbocycles. The molecule has 30 heavy (non-hydrogen) atoms. The van der Waals surface area contributed by atoms with Gasteiger partial charge in [0.15, 0.2) is 0 Å². The van der Waals surface area contributed by atoms with Gasteiger partial charge in [-0.15, -0.1) is 0 Å². The number of hydrogen-bond acceptors (Lipinski definition) is 5. The monoisotopic (exact) mass is 528 g/mol. The van der Waals surface area contributed by atoms with Crippen LogP contribution in [-0.4, -0.2) is 19.0 Å². The van der Waals surface area contributed by atoms with Crippen LogP contribution in [-0.2, 0) is 15.7 Å². The van der Waals surface area contributed by atoms with E-state index in [4.69, 9.17) is 10.9 Å². The number of hydrogen-bond donors (Lipinski definition) is 0. The average molecular weight is 528 g/mol. The summed E-state index contributed by atoms with van der Waals surface area (Å²) in [5.74, 6) is 2.30. The maximum atomic E-state index is 13.5. The van der Waals surface area contributed by atoms with E-state index in [9.17, 15) is 9.59 Å². The van der Waals surface area contributed by atoms with Gasteiger partial charge in [0.05, 0.1) is 0 Å². The van der Waals surface area contributed by atoms with E-state index in [0.29, 0.717) is 24.2 Å². The van der Waals surface area contributed by atoms with E-state index in [1.54, 1.807) is 7.11 Å². The number of rotatable bonds is 7. The van der Waals surface area contributed by atoms with Gasteiger partial charge in [0.1, 0.15) is 0 Å². The number of benzene rings is 1. The first-order chi connectivity index (χ1) is 14.2. The van der Waals surface area contributed by atoms with Crippen molar-refractivity contribution in [3.63, 3.8) is 0 Å². The molecule has 4 bridgehead atoms. The Morgan fingerprint density at radius 3 is 2.00 bits per heavy atom. The SMILES string of the molecule is CCC(C)(C)C(=O)OI(OC(=O)C12CC3CC(CC(C3)C1)C2)c1ccc(OC)cc1. The van der Waals surface area contributed by atoms with Crippen molar-refractivity contribution in [2.24, 2.45) is 28.6 Å². The van der Waals surface area contributed by atoms with Gasteiger partial charge in [-0.2, -0.15) is 0 Å². The molecule has 4 fully saturated rings. The third kappa shape index (κ3) is 4.21. The standard InChI is InChI=1S/C24H33IO5/c1-5-23(2,3)21(26)29-25(19-6-8-20(28-4)9-7-19)30-22(27)24-13-16-10-17(14-24)12-18(11-16)15-24/h6-9,16-18H,5,10-15H2,1-4H3. The number of ether oxygens (including phenoxy) is 1. The van der Waals surface area contributed by atoms with Crippen molar-refractivity contribution >= 4 is 32.6 Å². The molecule has 0 radical (unpaired) electrons. The Balaban J connectivity index is 1.56. The van der Waals surface area contributed by atoms with E-state index in [-0.39, 0.29) is 17.4 Å². The molecule has 4 saturated carbocycles. The third-order valence-corrected chi connectivity index (χ3v) is 10.8. The van der Waals surface area contributed by atoms with Crippen LogP contribution < -0.4 is 4.74 Å². The first-order valence-corrected chi connectivity index (χ1v) is 13.9. The van der Waals surface area contributed by atoms with E-state index < -0.39 is 26.1 Å². The Morgan fingerprint density at radius 2 is 1.53 bits per heavy atom. The van der Waals surface area contributed by atoms with Crippen molar-refractivity contribution in [3.05, 3.63) is 27.8 Å². The molecule has 0 heterocycles. The zero-order chi connectivity index (χ0) is 21.5. The van der Waals surface area contributed by atoms with Crippen LogP contribution in [0.1, 0.15) is 65.7 Å². The van der Waals surface area contributed by atoms with Crippen LogP contribution in [0.4, 0.5) is 0 Å². The van der Waals surface area contributed by atoms with Crippen LogP contribution in [0, 0.1) is 32.2 Å². The molecular formula is C24H33IO5. The molecule has 5 rings (SSSR count). The maximum absolute atomic E-state index is 13.5. The van der Waals surface area contributed by atoms with Crippen molar-refractivity contribution in [1.82, 2.24) is 0 Å². The third-order valence-electron chi connectivity index (χ3n) is 7.42. The summed E-state index contributed by atoms with van der Waals surface area (Å²) in [6, 6.07) is 7.39. The summed E-state index contributed by atoms with van der Waals surface area (Å²) in [7, 11) is 1.61. The predicted molar refractivity (Wildman–Crippen MR) is 123 cm³/mol. The molecule has 5 nitrogen and oxygen atoms in total. The summed E-state index contributed by atoms with van der Waals surface area (Å²) in [4.78, 5) is 26.3. The summed E-state index contributed by atoms with van der Waals surface area (Å²) in [5, 5.41) is 0. The van der Waals surface area contributed by atoms with Gasteiger partial charge in [0, 0.05) is 0 Å². The molecule has 0 aliphatic heterocycles. The number of methoxy groups -OCH3 is 1. The van der Waals surface area contributed by atoms with Crippen molar-refractivity contribution in [3.8, 4) is 5.75 Å². The zero-order valence-electron chi connectivity index (χ0n) is 18.4. The van der Waals surface area contributed by atoms with Gasteiger partial charge in [-0.05, 0) is 0 Å². The number of halogens is 1. The van der Waals surface area contributed by atoms with Gasteiger partial charge in [0.25, 0.3) is 0 Å². The van der Waals surface area contributed by atoms with E-state index in [2.05, 4.69) is 0 Å². The zero-order valence-corrected chi connectivity index (χ0v) is 20.6. The summed E-state index contributed by atoms with van der Waals surface area (Å²) < 4.78 is 18.1. The molecule has 0 spiro atoms. The fourth-order valence-corrected chi connectivity index (χ4v) is 8.93. The van der Waals surface area contributed by atoms with E-state index in [1.807, 2.05) is 45.0 Å². The molecule has 0 amide bonds. The molecular weight excluding hydrogens is 495 g/mol. The van der Waals surface area contributed by atoms with Gasteiger partial charge in [-0.25, -0.2) is 0 Å². The Hall–Kier alpha value is -1.31. The van der Waals surface area contributed by atoms with Gasteiger partial charge < -0.3 is 0 Å². The second-order valence-corrected chi connectivity index (χ2v) is 13.4. The Labute approximate surface area is 187 Å². The first-order valence-electron chi connectivity index (χ1n) is 11.0. The molecule has 0 aromatic heterocycles. The van der Waals surface area contributed by atoms with E-state index in [0.717, 1.165) is 28.6 Å². The normalized spacial score (nSPS) is 30.0. The molecule has 0 saturated heterocycles. The Morgan fingerprint density at radius 1 is 1.00 bits per heavy atom. The fourth-order valence-electron chi connectivity index (χ4n) is 5.60. The summed E-state index contributed by atoms with van der Waals surface area (Å²) in [5.41, 5.74) is -0.959. The van der Waals surface area contributed by atoms with Gasteiger partial charge in [-0.1, -0.05) is 0 Å². The van der Waals surface area contributed by atoms with Crippen molar-refractivity contribution in [2.45, 2.75) is 65.7 Å². The molecule has 0 atom stereocenters. The van der Waals surface area contributed by atoms with Gasteiger partial charge >= 0.3 is 188 Å². The minimum absolute atomic E-state index is 0.121. The van der Waals surface area contributed by atoms with Crippen molar-refractivity contribution in [1.29, 1.82) is 0 Å². The van der Waals surface area contributed by atoms with Crippen LogP contribution in [0.2, 0.25) is 0 Å². The topological polar surface area (TPSA) is 61.8 Å². The second-order valence-electron chi connectivity index (χ2n) is 10.0. The molecule has 6 heteroatoms. The van der Waals surface area contributed by atoms with Crippen LogP contribution in [0.3, 0.4) is 0 Å².